The summed E-state index contributed by atoms with van der Waals surface area (Å²) in [6.07, 6.45) is 8.04. The summed E-state index contributed by atoms with van der Waals surface area (Å²) in [5.74, 6) is -0.906. The van der Waals surface area contributed by atoms with Gasteiger partial charge in [0.1, 0.15) is 5.56 Å². The largest absolute Gasteiger partial charge is 0.478 e. The standard InChI is InChI=1S/C13H16N2O3/c1-8-12(13(17)18)10(7-14-8)15-11(16)6-9-4-2-3-5-9/h2,4,7,9,14H,3,5-6H2,1H3,(H,15,16)(H,17,18). The lowest BCUT2D eigenvalue weighted by Gasteiger charge is -2.08. The van der Waals surface area contributed by atoms with Crippen molar-refractivity contribution in [2.75, 3.05) is 5.32 Å². The molecule has 1 atom stereocenters. The first-order valence-electron chi connectivity index (χ1n) is 5.95. The minimum atomic E-state index is -1.04. The number of rotatable bonds is 4. The lowest BCUT2D eigenvalue weighted by Crippen LogP contribution is -2.16. The highest BCUT2D eigenvalue weighted by Crippen LogP contribution is 2.23. The molecule has 1 aliphatic rings. The second-order valence-corrected chi connectivity index (χ2v) is 4.53. The summed E-state index contributed by atoms with van der Waals surface area (Å²) in [5.41, 5.74) is 1.01. The third-order valence-corrected chi connectivity index (χ3v) is 3.13. The van der Waals surface area contributed by atoms with Crippen molar-refractivity contribution in [1.82, 2.24) is 4.98 Å². The molecule has 1 aromatic heterocycles. The molecule has 2 rings (SSSR count). The van der Waals surface area contributed by atoms with E-state index in [9.17, 15) is 9.59 Å². The van der Waals surface area contributed by atoms with Crippen molar-refractivity contribution in [3.63, 3.8) is 0 Å². The molecule has 0 radical (unpaired) electrons. The lowest BCUT2D eigenvalue weighted by atomic mass is 10.0. The molecule has 0 spiro atoms. The molecule has 0 aliphatic heterocycles. The molecule has 96 valence electrons. The fraction of sp³-hybridized carbons (Fsp3) is 0.385. The zero-order valence-corrected chi connectivity index (χ0v) is 10.2. The normalized spacial score (nSPS) is 17.9. The van der Waals surface area contributed by atoms with Crippen LogP contribution in [0.25, 0.3) is 0 Å². The van der Waals surface area contributed by atoms with Crippen molar-refractivity contribution in [2.24, 2.45) is 5.92 Å². The molecule has 18 heavy (non-hydrogen) atoms. The van der Waals surface area contributed by atoms with Gasteiger partial charge >= 0.3 is 5.97 Å². The molecule has 5 heteroatoms. The van der Waals surface area contributed by atoms with Gasteiger partial charge in [0.05, 0.1) is 5.69 Å². The van der Waals surface area contributed by atoms with E-state index in [-0.39, 0.29) is 17.4 Å². The van der Waals surface area contributed by atoms with Crippen LogP contribution in [0.5, 0.6) is 0 Å². The molecule has 0 saturated carbocycles. The molecule has 3 N–H and O–H groups in total. The third kappa shape index (κ3) is 2.61. The molecule has 1 heterocycles. The molecule has 1 aromatic rings. The molecular formula is C13H16N2O3. The number of anilines is 1. The Morgan fingerprint density at radius 2 is 2.33 bits per heavy atom. The predicted octanol–water partition coefficient (Wildman–Crippen LogP) is 2.32. The van der Waals surface area contributed by atoms with Gasteiger partial charge < -0.3 is 15.4 Å². The molecule has 0 aromatic carbocycles. The number of H-pyrrole nitrogens is 1. The number of carboxylic acids is 1. The summed E-state index contributed by atoms with van der Waals surface area (Å²) in [5, 5.41) is 11.7. The third-order valence-electron chi connectivity index (χ3n) is 3.13. The number of aryl methyl sites for hydroxylation is 1. The molecular weight excluding hydrogens is 232 g/mol. The molecule has 0 bridgehead atoms. The highest BCUT2D eigenvalue weighted by molar-refractivity contribution is 6.01. The Morgan fingerprint density at radius 1 is 1.56 bits per heavy atom. The van der Waals surface area contributed by atoms with Crippen LogP contribution in [0, 0.1) is 12.8 Å². The van der Waals surface area contributed by atoms with E-state index >= 15 is 0 Å². The molecule has 0 fully saturated rings. The average molecular weight is 248 g/mol. The number of allylic oxidation sites excluding steroid dienone is 2. The van der Waals surface area contributed by atoms with E-state index in [1.165, 1.54) is 6.20 Å². The van der Waals surface area contributed by atoms with E-state index in [1.54, 1.807) is 6.92 Å². The van der Waals surface area contributed by atoms with Crippen LogP contribution in [0.15, 0.2) is 18.3 Å². The summed E-state index contributed by atoms with van der Waals surface area (Å²) in [4.78, 5) is 25.7. The fourth-order valence-electron chi connectivity index (χ4n) is 2.21. The second-order valence-electron chi connectivity index (χ2n) is 4.53. The minimum Gasteiger partial charge on any atom is -0.478 e. The Morgan fingerprint density at radius 3 is 2.94 bits per heavy atom. The first-order chi connectivity index (χ1) is 8.58. The number of amides is 1. The Hall–Kier alpha value is -2.04. The number of hydrogen-bond acceptors (Lipinski definition) is 2. The van der Waals surface area contributed by atoms with Crippen LogP contribution >= 0.6 is 0 Å². The monoisotopic (exact) mass is 248 g/mol. The molecule has 0 saturated heterocycles. The lowest BCUT2D eigenvalue weighted by molar-refractivity contribution is -0.116. The number of carbonyl (C=O) groups is 2. The molecule has 1 unspecified atom stereocenters. The number of nitrogens with one attached hydrogen (secondary N) is 2. The Kier molecular flexibility index (Phi) is 3.50. The van der Waals surface area contributed by atoms with Gasteiger partial charge in [0, 0.05) is 18.3 Å². The predicted molar refractivity (Wildman–Crippen MR) is 67.6 cm³/mol. The average Bonchev–Trinajstić information content (AvgIpc) is 2.88. The van der Waals surface area contributed by atoms with Crippen LogP contribution in [0.3, 0.4) is 0 Å². The first-order valence-corrected chi connectivity index (χ1v) is 5.95. The zero-order chi connectivity index (χ0) is 13.1. The minimum absolute atomic E-state index is 0.130. The van der Waals surface area contributed by atoms with Crippen molar-refractivity contribution in [2.45, 2.75) is 26.2 Å². The van der Waals surface area contributed by atoms with Crippen LogP contribution in [0.2, 0.25) is 0 Å². The van der Waals surface area contributed by atoms with Gasteiger partial charge in [0.2, 0.25) is 5.91 Å². The van der Waals surface area contributed by atoms with E-state index in [4.69, 9.17) is 5.11 Å². The quantitative estimate of drug-likeness (QED) is 0.715. The topological polar surface area (TPSA) is 82.2 Å². The molecule has 1 amide bonds. The Balaban J connectivity index is 2.02. The Labute approximate surface area is 105 Å². The summed E-state index contributed by atoms with van der Waals surface area (Å²) in [6, 6.07) is 0. The number of aromatic amines is 1. The number of hydrogen-bond donors (Lipinski definition) is 3. The Bertz CT molecular complexity index is 502. The molecule has 5 nitrogen and oxygen atoms in total. The van der Waals surface area contributed by atoms with Gasteiger partial charge in [-0.15, -0.1) is 0 Å². The first kappa shape index (κ1) is 12.4. The van der Waals surface area contributed by atoms with Crippen LogP contribution in [-0.2, 0) is 4.79 Å². The van der Waals surface area contributed by atoms with Crippen LogP contribution < -0.4 is 5.32 Å². The maximum Gasteiger partial charge on any atom is 0.339 e. The van der Waals surface area contributed by atoms with Gasteiger partial charge in [-0.3, -0.25) is 4.79 Å². The van der Waals surface area contributed by atoms with Crippen LogP contribution in [0.1, 0.15) is 35.3 Å². The summed E-state index contributed by atoms with van der Waals surface area (Å²) in [6.45, 7) is 1.67. The number of carboxylic acid groups (broad SMARTS) is 1. The van der Waals surface area contributed by atoms with Crippen LogP contribution in [-0.4, -0.2) is 22.0 Å². The summed E-state index contributed by atoms with van der Waals surface area (Å²) < 4.78 is 0. The number of aromatic carboxylic acids is 1. The highest BCUT2D eigenvalue weighted by atomic mass is 16.4. The highest BCUT2D eigenvalue weighted by Gasteiger charge is 2.19. The van der Waals surface area contributed by atoms with Crippen molar-refractivity contribution in [3.8, 4) is 0 Å². The van der Waals surface area contributed by atoms with Crippen molar-refractivity contribution < 1.29 is 14.7 Å². The van der Waals surface area contributed by atoms with E-state index in [0.29, 0.717) is 17.8 Å². The van der Waals surface area contributed by atoms with Gasteiger partial charge in [-0.25, -0.2) is 4.79 Å². The van der Waals surface area contributed by atoms with Crippen molar-refractivity contribution in [1.29, 1.82) is 0 Å². The second kappa shape index (κ2) is 5.08. The van der Waals surface area contributed by atoms with E-state index < -0.39 is 5.97 Å². The van der Waals surface area contributed by atoms with Gasteiger partial charge in [0.25, 0.3) is 0 Å². The maximum atomic E-state index is 11.8. The SMILES string of the molecule is Cc1[nH]cc(NC(=O)CC2C=CCC2)c1C(=O)O. The van der Waals surface area contributed by atoms with Crippen LogP contribution in [0.4, 0.5) is 5.69 Å². The maximum absolute atomic E-state index is 11.8. The van der Waals surface area contributed by atoms with Gasteiger partial charge in [-0.1, -0.05) is 12.2 Å². The van der Waals surface area contributed by atoms with E-state index in [1.807, 2.05) is 6.08 Å². The van der Waals surface area contributed by atoms with Crippen molar-refractivity contribution >= 4 is 17.6 Å². The number of aromatic nitrogens is 1. The summed E-state index contributed by atoms with van der Waals surface area (Å²) >= 11 is 0. The summed E-state index contributed by atoms with van der Waals surface area (Å²) in [7, 11) is 0. The van der Waals surface area contributed by atoms with Gasteiger partial charge in [-0.05, 0) is 25.7 Å². The smallest absolute Gasteiger partial charge is 0.339 e. The van der Waals surface area contributed by atoms with E-state index in [0.717, 1.165) is 12.8 Å². The fourth-order valence-corrected chi connectivity index (χ4v) is 2.21. The van der Waals surface area contributed by atoms with Crippen molar-refractivity contribution in [3.05, 3.63) is 29.6 Å². The van der Waals surface area contributed by atoms with Gasteiger partial charge in [0.15, 0.2) is 0 Å². The van der Waals surface area contributed by atoms with E-state index in [2.05, 4.69) is 16.4 Å². The number of carbonyl (C=O) groups excluding carboxylic acids is 1. The van der Waals surface area contributed by atoms with Gasteiger partial charge in [-0.2, -0.15) is 0 Å². The molecule has 1 aliphatic carbocycles. The zero-order valence-electron chi connectivity index (χ0n) is 10.2.